The number of halogens is 4. The van der Waals surface area contributed by atoms with Gasteiger partial charge in [-0.2, -0.15) is 0 Å². The van der Waals surface area contributed by atoms with Gasteiger partial charge in [-0.3, -0.25) is 9.59 Å². The Kier molecular flexibility index (Phi) is 9.65. The Labute approximate surface area is 242 Å². The first-order valence-electron chi connectivity index (χ1n) is 12.6. The molecule has 2 aromatic carbocycles. The molecule has 4 rings (SSSR count). The van der Waals surface area contributed by atoms with E-state index in [1.54, 1.807) is 47.3 Å². The third kappa shape index (κ3) is 6.62. The summed E-state index contributed by atoms with van der Waals surface area (Å²) in [6.07, 6.45) is -1.27. The molecule has 0 spiro atoms. The summed E-state index contributed by atoms with van der Waals surface area (Å²) in [4.78, 5) is 37.3. The van der Waals surface area contributed by atoms with Gasteiger partial charge in [0, 0.05) is 56.6 Å². The minimum Gasteiger partial charge on any atom is -0.363 e. The van der Waals surface area contributed by atoms with Crippen LogP contribution in [0.25, 0.3) is 10.9 Å². The second-order valence-electron chi connectivity index (χ2n) is 9.90. The van der Waals surface area contributed by atoms with E-state index in [2.05, 4.69) is 15.3 Å². The highest BCUT2D eigenvalue weighted by Crippen LogP contribution is 2.33. The molecule has 4 aromatic rings. The molecule has 0 saturated heterocycles. The number of benzene rings is 2. The standard InChI is InChI=1S/C29H31F3N6O2.ClH/c1-16(21-8-7-9-22(26(21)30)27(31)32)33-28-23-14-19(10-11-24(23)34-17(2)35-28)38(6)20-12-18(13-25(39)36(3)4)29(40)37(5)15-20;/h7-12,14-16,27H,13H2,1-6H3,(H,33,34,35);1H/t16-;/m1./s1. The number of fused-ring (bicyclic) bond motifs is 1. The summed E-state index contributed by atoms with van der Waals surface area (Å²) in [5.41, 5.74) is 1.63. The maximum atomic E-state index is 14.8. The fraction of sp³-hybridized carbons (Fsp3) is 0.310. The van der Waals surface area contributed by atoms with Crippen LogP contribution in [-0.4, -0.2) is 46.5 Å². The fourth-order valence-corrected chi connectivity index (χ4v) is 4.45. The van der Waals surface area contributed by atoms with E-state index < -0.39 is 23.8 Å². The quantitative estimate of drug-likeness (QED) is 0.284. The second-order valence-corrected chi connectivity index (χ2v) is 9.90. The number of nitrogens with zero attached hydrogens (tertiary/aromatic N) is 5. The van der Waals surface area contributed by atoms with Crippen molar-refractivity contribution in [3.63, 3.8) is 0 Å². The van der Waals surface area contributed by atoms with Gasteiger partial charge in [-0.05, 0) is 38.1 Å². The maximum Gasteiger partial charge on any atom is 0.266 e. The van der Waals surface area contributed by atoms with Crippen LogP contribution in [0.4, 0.5) is 30.4 Å². The lowest BCUT2D eigenvalue weighted by atomic mass is 10.0. The van der Waals surface area contributed by atoms with Gasteiger partial charge < -0.3 is 19.7 Å². The molecular formula is C29H32ClF3N6O2. The van der Waals surface area contributed by atoms with Gasteiger partial charge >= 0.3 is 0 Å². The zero-order valence-corrected chi connectivity index (χ0v) is 24.4. The van der Waals surface area contributed by atoms with Crippen molar-refractivity contribution in [2.75, 3.05) is 31.4 Å². The molecule has 218 valence electrons. The van der Waals surface area contributed by atoms with Crippen molar-refractivity contribution in [3.8, 4) is 0 Å². The minimum absolute atomic E-state index is 0. The van der Waals surface area contributed by atoms with E-state index in [4.69, 9.17) is 0 Å². The van der Waals surface area contributed by atoms with E-state index in [1.807, 2.05) is 30.1 Å². The van der Waals surface area contributed by atoms with Gasteiger partial charge in [-0.15, -0.1) is 12.4 Å². The topological polar surface area (TPSA) is 83.4 Å². The molecule has 0 fully saturated rings. The molecule has 0 aliphatic rings. The van der Waals surface area contributed by atoms with Crippen LogP contribution in [0.1, 0.15) is 41.9 Å². The number of carbonyl (C=O) groups excluding carboxylic acids is 1. The van der Waals surface area contributed by atoms with Crippen molar-refractivity contribution in [2.24, 2.45) is 7.05 Å². The molecule has 2 heterocycles. The molecule has 0 saturated carbocycles. The molecule has 0 radical (unpaired) electrons. The number of aryl methyl sites for hydroxylation is 2. The number of hydrogen-bond donors (Lipinski definition) is 1. The van der Waals surface area contributed by atoms with E-state index in [1.165, 1.54) is 21.6 Å². The lowest BCUT2D eigenvalue weighted by Crippen LogP contribution is -2.29. The van der Waals surface area contributed by atoms with Crippen LogP contribution >= 0.6 is 12.4 Å². The number of nitrogens with one attached hydrogen (secondary N) is 1. The molecule has 8 nitrogen and oxygen atoms in total. The number of pyridine rings is 1. The number of alkyl halides is 2. The van der Waals surface area contributed by atoms with Gasteiger partial charge in [0.15, 0.2) is 0 Å². The van der Waals surface area contributed by atoms with E-state index in [9.17, 15) is 22.8 Å². The predicted molar refractivity (Wildman–Crippen MR) is 157 cm³/mol. The first-order chi connectivity index (χ1) is 18.9. The van der Waals surface area contributed by atoms with Crippen LogP contribution in [0.2, 0.25) is 0 Å². The lowest BCUT2D eigenvalue weighted by molar-refractivity contribution is -0.127. The Balaban J connectivity index is 0.00000462. The zero-order valence-electron chi connectivity index (χ0n) is 23.6. The van der Waals surface area contributed by atoms with Gasteiger partial charge in [-0.1, -0.05) is 18.2 Å². The summed E-state index contributed by atoms with van der Waals surface area (Å²) in [5.74, 6) is -0.232. The Morgan fingerprint density at radius 3 is 2.39 bits per heavy atom. The first kappa shape index (κ1) is 31.4. The smallest absolute Gasteiger partial charge is 0.266 e. The molecule has 1 amide bonds. The highest BCUT2D eigenvalue weighted by molar-refractivity contribution is 5.92. The van der Waals surface area contributed by atoms with Crippen molar-refractivity contribution in [2.45, 2.75) is 32.7 Å². The van der Waals surface area contributed by atoms with Gasteiger partial charge in [-0.25, -0.2) is 23.1 Å². The van der Waals surface area contributed by atoms with E-state index in [0.717, 1.165) is 11.8 Å². The van der Waals surface area contributed by atoms with Crippen LogP contribution in [0.5, 0.6) is 0 Å². The minimum atomic E-state index is -2.92. The van der Waals surface area contributed by atoms with E-state index >= 15 is 0 Å². The van der Waals surface area contributed by atoms with Crippen molar-refractivity contribution < 1.29 is 18.0 Å². The van der Waals surface area contributed by atoms with Crippen LogP contribution in [-0.2, 0) is 18.3 Å². The molecule has 0 aliphatic heterocycles. The SMILES string of the molecule is Cc1nc(N[C@H](C)c2cccc(C(F)F)c2F)c2cc(N(C)c3cc(CC(=O)N(C)C)c(=O)n(C)c3)ccc2n1.Cl. The maximum absolute atomic E-state index is 14.8. The van der Waals surface area contributed by atoms with Crippen molar-refractivity contribution in [3.05, 3.63) is 87.3 Å². The summed E-state index contributed by atoms with van der Waals surface area (Å²) in [6, 6.07) is 10.5. The molecular weight excluding hydrogens is 557 g/mol. The van der Waals surface area contributed by atoms with Gasteiger partial charge in [0.2, 0.25) is 5.91 Å². The second kappa shape index (κ2) is 12.6. The van der Waals surface area contributed by atoms with Gasteiger partial charge in [0.05, 0.1) is 29.2 Å². The van der Waals surface area contributed by atoms with Gasteiger partial charge in [0.25, 0.3) is 12.0 Å². The third-order valence-electron chi connectivity index (χ3n) is 6.76. The Hall–Kier alpha value is -4.12. The highest BCUT2D eigenvalue weighted by Gasteiger charge is 2.21. The molecule has 12 heteroatoms. The summed E-state index contributed by atoms with van der Waals surface area (Å²) in [5, 5.41) is 3.81. The summed E-state index contributed by atoms with van der Waals surface area (Å²) in [7, 11) is 6.73. The molecule has 41 heavy (non-hydrogen) atoms. The number of likely N-dealkylation sites (N-methyl/N-ethyl adjacent to an activating group) is 1. The summed E-state index contributed by atoms with van der Waals surface area (Å²) < 4.78 is 42.8. The first-order valence-corrected chi connectivity index (χ1v) is 12.6. The monoisotopic (exact) mass is 588 g/mol. The largest absolute Gasteiger partial charge is 0.363 e. The summed E-state index contributed by atoms with van der Waals surface area (Å²) in [6.45, 7) is 3.41. The normalized spacial score (nSPS) is 11.8. The molecule has 0 unspecified atom stereocenters. The summed E-state index contributed by atoms with van der Waals surface area (Å²) >= 11 is 0. The molecule has 1 atom stereocenters. The van der Waals surface area contributed by atoms with E-state index in [-0.39, 0.29) is 35.9 Å². The number of carbonyl (C=O) groups is 1. The van der Waals surface area contributed by atoms with Crippen molar-refractivity contribution in [1.82, 2.24) is 19.4 Å². The fourth-order valence-electron chi connectivity index (χ4n) is 4.45. The number of anilines is 3. The Morgan fingerprint density at radius 1 is 1.05 bits per heavy atom. The average molecular weight is 589 g/mol. The molecule has 0 bridgehead atoms. The third-order valence-corrected chi connectivity index (χ3v) is 6.76. The van der Waals surface area contributed by atoms with Crippen molar-refractivity contribution in [1.29, 1.82) is 0 Å². The highest BCUT2D eigenvalue weighted by atomic mass is 35.5. The predicted octanol–water partition coefficient (Wildman–Crippen LogP) is 5.71. The van der Waals surface area contributed by atoms with Gasteiger partial charge in [0.1, 0.15) is 17.5 Å². The van der Waals surface area contributed by atoms with E-state index in [0.29, 0.717) is 33.8 Å². The molecule has 0 aliphatic carbocycles. The molecule has 2 aromatic heterocycles. The Morgan fingerprint density at radius 2 is 1.73 bits per heavy atom. The number of amides is 1. The van der Waals surface area contributed by atoms with Crippen LogP contribution in [0.3, 0.4) is 0 Å². The number of rotatable bonds is 8. The van der Waals surface area contributed by atoms with Crippen LogP contribution < -0.4 is 15.8 Å². The van der Waals surface area contributed by atoms with Crippen molar-refractivity contribution >= 4 is 46.4 Å². The molecule has 1 N–H and O–H groups in total. The van der Waals surface area contributed by atoms with Crippen LogP contribution in [0, 0.1) is 12.7 Å². The van der Waals surface area contributed by atoms with Crippen LogP contribution in [0.15, 0.2) is 53.5 Å². The zero-order chi connectivity index (χ0) is 29.3. The lowest BCUT2D eigenvalue weighted by Gasteiger charge is -2.23. The Bertz CT molecular complexity index is 1640. The number of hydrogen-bond acceptors (Lipinski definition) is 6. The average Bonchev–Trinajstić information content (AvgIpc) is 2.90. The number of aromatic nitrogens is 3.